The third-order valence-corrected chi connectivity index (χ3v) is 11.7. The summed E-state index contributed by atoms with van der Waals surface area (Å²) in [4.78, 5) is 5.06. The molecule has 0 bridgehead atoms. The fraction of sp³-hybridized carbons (Fsp3) is 0.980. The number of guanidine groups is 1. The van der Waals surface area contributed by atoms with Crippen molar-refractivity contribution in [3.8, 4) is 0 Å². The molecule has 0 radical (unpaired) electrons. The number of nitrogens with one attached hydrogen (secondary N) is 1. The number of hydrogen-bond donors (Lipinski definition) is 1. The number of rotatable bonds is 44. The smallest absolute Gasteiger partial charge is 0.193 e. The summed E-state index contributed by atoms with van der Waals surface area (Å²) in [7, 11) is 0. The molecule has 312 valence electrons. The number of unbranched alkanes of at least 4 members (excludes halogenated alkanes) is 36. The lowest BCUT2D eigenvalue weighted by molar-refractivity contribution is 0.291. The molecule has 0 rings (SSSR count). The van der Waals surface area contributed by atoms with Gasteiger partial charge in [-0.25, -0.2) is 0 Å². The Labute approximate surface area is 330 Å². The topological polar surface area (TPSA) is 30.3 Å². The zero-order valence-electron chi connectivity index (χ0n) is 37.0. The Morgan fingerprint density at radius 2 is 0.365 bits per heavy atom. The van der Waals surface area contributed by atoms with Gasteiger partial charge in [0.05, 0.1) is 0 Å². The maximum absolute atomic E-state index is 9.56. The van der Waals surface area contributed by atoms with Gasteiger partial charge in [-0.1, -0.05) is 259 Å². The Morgan fingerprint density at radius 1 is 0.231 bits per heavy atom. The van der Waals surface area contributed by atoms with Gasteiger partial charge >= 0.3 is 0 Å². The van der Waals surface area contributed by atoms with Crippen LogP contribution in [0.15, 0.2) is 0 Å². The lowest BCUT2D eigenvalue weighted by Gasteiger charge is -2.34. The van der Waals surface area contributed by atoms with Crippen LogP contribution in [-0.2, 0) is 0 Å². The average Bonchev–Trinajstić information content (AvgIpc) is 3.15. The molecule has 0 aliphatic rings. The largest absolute Gasteiger partial charge is 0.343 e. The van der Waals surface area contributed by atoms with Gasteiger partial charge in [-0.2, -0.15) is 0 Å². The molecule has 0 aliphatic carbocycles. The summed E-state index contributed by atoms with van der Waals surface area (Å²) in [5, 5.41) is 9.56. The van der Waals surface area contributed by atoms with Gasteiger partial charge in [0, 0.05) is 26.2 Å². The molecule has 0 saturated heterocycles. The van der Waals surface area contributed by atoms with Gasteiger partial charge < -0.3 is 9.80 Å². The van der Waals surface area contributed by atoms with Crippen molar-refractivity contribution < 1.29 is 0 Å². The zero-order chi connectivity index (χ0) is 37.8. The van der Waals surface area contributed by atoms with Crippen LogP contribution in [-0.4, -0.2) is 41.9 Å². The molecule has 0 unspecified atom stereocenters. The molecule has 0 saturated carbocycles. The molecular formula is C49H101N3. The third-order valence-electron chi connectivity index (χ3n) is 11.7. The molecular weight excluding hydrogens is 631 g/mol. The summed E-state index contributed by atoms with van der Waals surface area (Å²) < 4.78 is 0. The fourth-order valence-corrected chi connectivity index (χ4v) is 8.01. The third kappa shape index (κ3) is 37.6. The Hall–Kier alpha value is -0.730. The first-order chi connectivity index (χ1) is 25.7. The Morgan fingerprint density at radius 3 is 0.519 bits per heavy atom. The molecule has 0 aliphatic heterocycles. The molecule has 0 aromatic rings. The highest BCUT2D eigenvalue weighted by Crippen LogP contribution is 2.17. The summed E-state index contributed by atoms with van der Waals surface area (Å²) in [5.41, 5.74) is 0. The van der Waals surface area contributed by atoms with Crippen molar-refractivity contribution in [3.05, 3.63) is 0 Å². The van der Waals surface area contributed by atoms with Crippen LogP contribution in [0.25, 0.3) is 0 Å². The van der Waals surface area contributed by atoms with E-state index >= 15 is 0 Å². The second kappa shape index (κ2) is 44.7. The van der Waals surface area contributed by atoms with E-state index in [2.05, 4.69) is 37.5 Å². The summed E-state index contributed by atoms with van der Waals surface area (Å²) in [5.74, 6) is 0.874. The highest BCUT2D eigenvalue weighted by atomic mass is 15.4. The van der Waals surface area contributed by atoms with Gasteiger partial charge in [0.2, 0.25) is 0 Å². The maximum atomic E-state index is 9.56. The lowest BCUT2D eigenvalue weighted by atomic mass is 10.1. The highest BCUT2D eigenvalue weighted by molar-refractivity contribution is 5.76. The van der Waals surface area contributed by atoms with E-state index in [1.807, 2.05) is 0 Å². The molecule has 0 spiro atoms. The van der Waals surface area contributed by atoms with Crippen LogP contribution in [0.2, 0.25) is 0 Å². The first-order valence-electron chi connectivity index (χ1n) is 24.8. The van der Waals surface area contributed by atoms with Gasteiger partial charge in [0.25, 0.3) is 0 Å². The van der Waals surface area contributed by atoms with E-state index in [-0.39, 0.29) is 0 Å². The van der Waals surface area contributed by atoms with Crippen molar-refractivity contribution in [1.29, 1.82) is 5.41 Å². The monoisotopic (exact) mass is 732 g/mol. The highest BCUT2D eigenvalue weighted by Gasteiger charge is 2.17. The Bertz CT molecular complexity index is 561. The summed E-state index contributed by atoms with van der Waals surface area (Å²) in [6, 6.07) is 0. The van der Waals surface area contributed by atoms with Crippen LogP contribution < -0.4 is 0 Å². The Balaban J connectivity index is 4.93. The lowest BCUT2D eigenvalue weighted by Crippen LogP contribution is -2.45. The van der Waals surface area contributed by atoms with Gasteiger partial charge in [-0.15, -0.1) is 0 Å². The fourth-order valence-electron chi connectivity index (χ4n) is 8.01. The van der Waals surface area contributed by atoms with Crippen LogP contribution in [0.1, 0.15) is 285 Å². The van der Waals surface area contributed by atoms with E-state index in [1.165, 1.54) is 257 Å². The van der Waals surface area contributed by atoms with Gasteiger partial charge in [0.15, 0.2) is 5.96 Å². The molecule has 0 aromatic carbocycles. The molecule has 1 N–H and O–H groups in total. The SMILES string of the molecule is CCCCCCCCCCCCN(CCCCCCCCCCCC)C(=N)N(CCCCCCCCCCCC)CCCCCCCCCCCC. The number of nitrogens with zero attached hydrogens (tertiary/aromatic N) is 2. The van der Waals surface area contributed by atoms with Crippen LogP contribution in [0.4, 0.5) is 0 Å². The second-order valence-corrected chi connectivity index (χ2v) is 17.0. The quantitative estimate of drug-likeness (QED) is 0.0384. The van der Waals surface area contributed by atoms with E-state index in [1.54, 1.807) is 0 Å². The van der Waals surface area contributed by atoms with Crippen molar-refractivity contribution in [1.82, 2.24) is 9.80 Å². The summed E-state index contributed by atoms with van der Waals surface area (Å²) in [6.07, 6.45) is 55.5. The minimum absolute atomic E-state index is 0.874. The van der Waals surface area contributed by atoms with Gasteiger partial charge in [-0.3, -0.25) is 5.41 Å². The van der Waals surface area contributed by atoms with E-state index in [4.69, 9.17) is 0 Å². The number of hydrogen-bond acceptors (Lipinski definition) is 1. The van der Waals surface area contributed by atoms with Crippen LogP contribution in [0.5, 0.6) is 0 Å². The predicted octanol–water partition coefficient (Wildman–Crippen LogP) is 17.2. The van der Waals surface area contributed by atoms with Crippen molar-refractivity contribution in [2.75, 3.05) is 26.2 Å². The van der Waals surface area contributed by atoms with Crippen molar-refractivity contribution in [2.24, 2.45) is 0 Å². The minimum atomic E-state index is 0.874. The predicted molar refractivity (Wildman–Crippen MR) is 238 cm³/mol. The standard InChI is InChI=1S/C49H101N3/c1-5-9-13-17-21-25-29-33-37-41-45-51(46-42-38-34-30-26-22-18-14-10-6-2)49(50)52(47-43-39-35-31-27-23-19-15-11-7-3)48-44-40-36-32-28-24-20-16-12-8-4/h50H,5-48H2,1-4H3. The molecule has 0 heterocycles. The molecule has 0 atom stereocenters. The molecule has 3 heteroatoms. The van der Waals surface area contributed by atoms with E-state index in [0.717, 1.165) is 32.1 Å². The summed E-state index contributed by atoms with van der Waals surface area (Å²) >= 11 is 0. The molecule has 0 aromatic heterocycles. The van der Waals surface area contributed by atoms with Crippen molar-refractivity contribution >= 4 is 5.96 Å². The Kier molecular flexibility index (Phi) is 44.0. The van der Waals surface area contributed by atoms with Gasteiger partial charge in [0.1, 0.15) is 0 Å². The maximum Gasteiger partial charge on any atom is 0.193 e. The average molecular weight is 732 g/mol. The normalized spacial score (nSPS) is 11.5. The first kappa shape index (κ1) is 51.3. The zero-order valence-corrected chi connectivity index (χ0v) is 37.0. The van der Waals surface area contributed by atoms with Crippen LogP contribution >= 0.6 is 0 Å². The second-order valence-electron chi connectivity index (χ2n) is 17.0. The van der Waals surface area contributed by atoms with E-state index < -0.39 is 0 Å². The van der Waals surface area contributed by atoms with Gasteiger partial charge in [-0.05, 0) is 25.7 Å². The van der Waals surface area contributed by atoms with Crippen molar-refractivity contribution in [2.45, 2.75) is 285 Å². The summed E-state index contributed by atoms with van der Waals surface area (Å²) in [6.45, 7) is 13.6. The molecule has 0 fully saturated rings. The minimum Gasteiger partial charge on any atom is -0.343 e. The molecule has 3 nitrogen and oxygen atoms in total. The van der Waals surface area contributed by atoms with E-state index in [0.29, 0.717) is 0 Å². The van der Waals surface area contributed by atoms with Crippen LogP contribution in [0.3, 0.4) is 0 Å². The first-order valence-corrected chi connectivity index (χ1v) is 24.8. The molecule has 0 amide bonds. The van der Waals surface area contributed by atoms with Crippen LogP contribution in [0, 0.1) is 5.41 Å². The van der Waals surface area contributed by atoms with E-state index in [9.17, 15) is 5.41 Å². The van der Waals surface area contributed by atoms with Crippen molar-refractivity contribution in [3.63, 3.8) is 0 Å². The molecule has 52 heavy (non-hydrogen) atoms.